The monoisotopic (exact) mass is 437 g/mol. The van der Waals surface area contributed by atoms with Crippen molar-refractivity contribution >= 4 is 11.7 Å². The van der Waals surface area contributed by atoms with Crippen molar-refractivity contribution in [2.75, 3.05) is 5.32 Å². The Morgan fingerprint density at radius 1 is 0.879 bits per heavy atom. The maximum Gasteiger partial charge on any atom is 0.229 e. The minimum atomic E-state index is -0.0327. The predicted molar refractivity (Wildman–Crippen MR) is 131 cm³/mol. The summed E-state index contributed by atoms with van der Waals surface area (Å²) < 4.78 is 0. The van der Waals surface area contributed by atoms with Gasteiger partial charge in [0.15, 0.2) is 5.82 Å². The molecule has 0 atom stereocenters. The van der Waals surface area contributed by atoms with E-state index in [-0.39, 0.29) is 5.91 Å². The van der Waals surface area contributed by atoms with Gasteiger partial charge in [-0.05, 0) is 73.7 Å². The molecule has 0 saturated heterocycles. The predicted octanol–water partition coefficient (Wildman–Crippen LogP) is 6.08. The van der Waals surface area contributed by atoms with Crippen LogP contribution in [0.5, 0.6) is 0 Å². The molecule has 2 aromatic carbocycles. The Hall–Kier alpha value is -3.01. The number of nitrogens with zero attached hydrogens (tertiary/aromatic N) is 2. The van der Waals surface area contributed by atoms with E-state index < -0.39 is 0 Å². The fraction of sp³-hybridized carbons (Fsp3) is 0.414. The second kappa shape index (κ2) is 8.40. The average Bonchev–Trinajstić information content (AvgIpc) is 2.80. The first kappa shape index (κ1) is 20.6. The number of anilines is 1. The van der Waals surface area contributed by atoms with E-state index in [1.807, 2.05) is 48.5 Å². The minimum absolute atomic E-state index is 0.0327. The van der Waals surface area contributed by atoms with Gasteiger partial charge in [0.05, 0.1) is 24.0 Å². The molecular formula is C29H31N3O. The van der Waals surface area contributed by atoms with Crippen LogP contribution in [0.25, 0.3) is 11.3 Å². The van der Waals surface area contributed by atoms with Crippen LogP contribution in [-0.2, 0) is 17.6 Å². The number of hydrogen-bond acceptors (Lipinski definition) is 3. The first-order valence-electron chi connectivity index (χ1n) is 12.4. The van der Waals surface area contributed by atoms with Crippen molar-refractivity contribution in [3.8, 4) is 11.3 Å². The number of carbonyl (C=O) groups excluding carboxylic acids is 1. The van der Waals surface area contributed by atoms with E-state index in [0.29, 0.717) is 17.7 Å². The largest absolute Gasteiger partial charge is 0.309 e. The van der Waals surface area contributed by atoms with Gasteiger partial charge in [-0.25, -0.2) is 9.97 Å². The number of nitrogens with one attached hydrogen (secondary N) is 1. The van der Waals surface area contributed by atoms with Gasteiger partial charge in [0, 0.05) is 5.56 Å². The Morgan fingerprint density at radius 3 is 2.12 bits per heavy atom. The van der Waals surface area contributed by atoms with Gasteiger partial charge in [-0.2, -0.15) is 0 Å². The molecule has 4 aliphatic rings. The SMILES string of the molecule is O=C(Cc1ccccc1)Nc1ncc(-c2ccccc2)nc1CC12CC3CC(CC(C3)C1)C2. The van der Waals surface area contributed by atoms with Gasteiger partial charge >= 0.3 is 0 Å². The molecule has 3 aromatic rings. The van der Waals surface area contributed by atoms with Crippen molar-refractivity contribution in [2.24, 2.45) is 23.2 Å². The van der Waals surface area contributed by atoms with E-state index >= 15 is 0 Å². The van der Waals surface area contributed by atoms with Crippen molar-refractivity contribution in [1.82, 2.24) is 9.97 Å². The lowest BCUT2D eigenvalue weighted by Gasteiger charge is -2.57. The number of carbonyl (C=O) groups is 1. The molecule has 4 aliphatic carbocycles. The van der Waals surface area contributed by atoms with Gasteiger partial charge in [0.1, 0.15) is 0 Å². The Balaban J connectivity index is 1.30. The topological polar surface area (TPSA) is 54.9 Å². The third-order valence-electron chi connectivity index (χ3n) is 8.09. The van der Waals surface area contributed by atoms with Crippen molar-refractivity contribution in [3.63, 3.8) is 0 Å². The van der Waals surface area contributed by atoms with Crippen LogP contribution in [0, 0.1) is 23.2 Å². The van der Waals surface area contributed by atoms with Gasteiger partial charge in [-0.1, -0.05) is 60.7 Å². The molecular weight excluding hydrogens is 406 g/mol. The zero-order valence-electron chi connectivity index (χ0n) is 19.0. The number of benzene rings is 2. The molecule has 4 saturated carbocycles. The third kappa shape index (κ3) is 4.31. The standard InChI is InChI=1S/C29H31N3O/c33-27(14-20-7-3-1-4-8-20)32-28-25(31-26(19-30-28)24-9-5-2-6-10-24)18-29-15-21-11-22(16-29)13-23(12-21)17-29/h1-10,19,21-23H,11-18H2,(H,30,32,33). The fourth-order valence-corrected chi connectivity index (χ4v) is 7.22. The molecule has 0 radical (unpaired) electrons. The van der Waals surface area contributed by atoms with Gasteiger partial charge in [0.2, 0.25) is 5.91 Å². The Morgan fingerprint density at radius 2 is 1.48 bits per heavy atom. The van der Waals surface area contributed by atoms with Crippen LogP contribution in [0.3, 0.4) is 0 Å². The fourth-order valence-electron chi connectivity index (χ4n) is 7.22. The molecule has 1 N–H and O–H groups in total. The highest BCUT2D eigenvalue weighted by atomic mass is 16.1. The van der Waals surface area contributed by atoms with Crippen LogP contribution in [0.4, 0.5) is 5.82 Å². The van der Waals surface area contributed by atoms with E-state index in [2.05, 4.69) is 17.4 Å². The summed E-state index contributed by atoms with van der Waals surface area (Å²) in [5.74, 6) is 3.27. The van der Waals surface area contributed by atoms with E-state index in [0.717, 1.165) is 46.7 Å². The van der Waals surface area contributed by atoms with Crippen molar-refractivity contribution in [2.45, 2.75) is 51.4 Å². The quantitative estimate of drug-likeness (QED) is 0.508. The summed E-state index contributed by atoms with van der Waals surface area (Å²) in [5.41, 5.74) is 4.25. The average molecular weight is 438 g/mol. The van der Waals surface area contributed by atoms with Crippen LogP contribution < -0.4 is 5.32 Å². The van der Waals surface area contributed by atoms with Crippen LogP contribution in [-0.4, -0.2) is 15.9 Å². The summed E-state index contributed by atoms with van der Waals surface area (Å²) in [7, 11) is 0. The van der Waals surface area contributed by atoms with Crippen LogP contribution in [0.2, 0.25) is 0 Å². The molecule has 1 heterocycles. The molecule has 1 amide bonds. The molecule has 0 aliphatic heterocycles. The molecule has 4 fully saturated rings. The lowest BCUT2D eigenvalue weighted by atomic mass is 9.48. The molecule has 1 aromatic heterocycles. The summed E-state index contributed by atoms with van der Waals surface area (Å²) >= 11 is 0. The summed E-state index contributed by atoms with van der Waals surface area (Å²) in [5, 5.41) is 3.11. The van der Waals surface area contributed by atoms with Crippen LogP contribution in [0.15, 0.2) is 66.9 Å². The number of aromatic nitrogens is 2. The first-order valence-corrected chi connectivity index (χ1v) is 12.4. The zero-order chi connectivity index (χ0) is 22.3. The van der Waals surface area contributed by atoms with Gasteiger partial charge in [0.25, 0.3) is 0 Å². The lowest BCUT2D eigenvalue weighted by molar-refractivity contribution is -0.115. The van der Waals surface area contributed by atoms with Gasteiger partial charge in [-0.15, -0.1) is 0 Å². The summed E-state index contributed by atoms with van der Waals surface area (Å²) in [4.78, 5) is 22.7. The number of rotatable bonds is 6. The Labute approximate surface area is 195 Å². The third-order valence-corrected chi connectivity index (χ3v) is 8.09. The summed E-state index contributed by atoms with van der Waals surface area (Å²) in [6.45, 7) is 0. The van der Waals surface area contributed by atoms with Crippen molar-refractivity contribution in [1.29, 1.82) is 0 Å². The van der Waals surface area contributed by atoms with E-state index in [1.165, 1.54) is 38.5 Å². The first-order chi connectivity index (χ1) is 16.1. The molecule has 0 unspecified atom stereocenters. The molecule has 7 rings (SSSR count). The Kier molecular flexibility index (Phi) is 5.24. The molecule has 4 nitrogen and oxygen atoms in total. The van der Waals surface area contributed by atoms with Crippen molar-refractivity contribution < 1.29 is 4.79 Å². The molecule has 168 valence electrons. The lowest BCUT2D eigenvalue weighted by Crippen LogP contribution is -2.47. The maximum absolute atomic E-state index is 12.9. The molecule has 4 heteroatoms. The van der Waals surface area contributed by atoms with E-state index in [1.54, 1.807) is 6.20 Å². The van der Waals surface area contributed by atoms with Crippen LogP contribution >= 0.6 is 0 Å². The van der Waals surface area contributed by atoms with E-state index in [9.17, 15) is 4.79 Å². The van der Waals surface area contributed by atoms with Crippen LogP contribution in [0.1, 0.15) is 49.8 Å². The second-order valence-corrected chi connectivity index (χ2v) is 10.7. The zero-order valence-corrected chi connectivity index (χ0v) is 19.0. The number of hydrogen-bond donors (Lipinski definition) is 1. The highest BCUT2D eigenvalue weighted by Gasteiger charge is 2.51. The van der Waals surface area contributed by atoms with Gasteiger partial charge < -0.3 is 5.32 Å². The second-order valence-electron chi connectivity index (χ2n) is 10.7. The van der Waals surface area contributed by atoms with Crippen molar-refractivity contribution in [3.05, 3.63) is 78.1 Å². The normalized spacial score (nSPS) is 27.5. The molecule has 33 heavy (non-hydrogen) atoms. The number of amides is 1. The minimum Gasteiger partial charge on any atom is -0.309 e. The highest BCUT2D eigenvalue weighted by molar-refractivity contribution is 5.92. The summed E-state index contributed by atoms with van der Waals surface area (Å²) in [6.07, 6.45) is 11.3. The smallest absolute Gasteiger partial charge is 0.229 e. The molecule has 0 spiro atoms. The summed E-state index contributed by atoms with van der Waals surface area (Å²) in [6, 6.07) is 20.1. The highest BCUT2D eigenvalue weighted by Crippen LogP contribution is 2.61. The van der Waals surface area contributed by atoms with Gasteiger partial charge in [-0.3, -0.25) is 4.79 Å². The molecule has 4 bridgehead atoms. The Bertz CT molecular complexity index is 1110. The maximum atomic E-state index is 12.9. The van der Waals surface area contributed by atoms with E-state index in [4.69, 9.17) is 9.97 Å².